The number of aromatic hydroxyl groups is 1. The van der Waals surface area contributed by atoms with Crippen LogP contribution in [0.4, 0.5) is 5.13 Å². The Bertz CT molecular complexity index is 632. The van der Waals surface area contributed by atoms with Gasteiger partial charge in [-0.1, -0.05) is 12.1 Å². The first-order chi connectivity index (χ1) is 11.6. The molecule has 1 saturated heterocycles. The molecule has 130 valence electrons. The van der Waals surface area contributed by atoms with Gasteiger partial charge in [-0.15, -0.1) is 11.3 Å². The van der Waals surface area contributed by atoms with Crippen LogP contribution in [0.25, 0.3) is 0 Å². The second kappa shape index (κ2) is 7.99. The lowest BCUT2D eigenvalue weighted by Gasteiger charge is -2.33. The average Bonchev–Trinajstić information content (AvgIpc) is 3.01. The van der Waals surface area contributed by atoms with E-state index in [-0.39, 0.29) is 0 Å². The second-order valence-electron chi connectivity index (χ2n) is 6.81. The lowest BCUT2D eigenvalue weighted by atomic mass is 10.0. The van der Waals surface area contributed by atoms with Gasteiger partial charge >= 0.3 is 0 Å². The van der Waals surface area contributed by atoms with E-state index in [1.807, 2.05) is 12.1 Å². The Labute approximate surface area is 148 Å². The molecule has 5 heteroatoms. The van der Waals surface area contributed by atoms with E-state index >= 15 is 0 Å². The molecule has 1 unspecified atom stereocenters. The highest BCUT2D eigenvalue weighted by molar-refractivity contribution is 7.13. The van der Waals surface area contributed by atoms with Crippen LogP contribution >= 0.6 is 11.3 Å². The zero-order valence-corrected chi connectivity index (χ0v) is 15.4. The molecule has 1 fully saturated rings. The maximum Gasteiger partial charge on any atom is 0.185 e. The number of anilines is 1. The standard InChI is InChI=1S/C19H27N3OS/c1-14(3-4-16-5-7-18(23)8-6-16)20-17-9-11-22(12-10-17)19-21-15(2)13-24-19/h5-8,13-14,17,20,23H,3-4,9-12H2,1-2H3. The minimum Gasteiger partial charge on any atom is -0.508 e. The zero-order valence-electron chi connectivity index (χ0n) is 14.5. The number of benzene rings is 1. The fraction of sp³-hybridized carbons (Fsp3) is 0.526. The van der Waals surface area contributed by atoms with Gasteiger partial charge in [-0.05, 0) is 57.2 Å². The predicted octanol–water partition coefficient (Wildman–Crippen LogP) is 3.74. The van der Waals surface area contributed by atoms with Gasteiger partial charge in [0, 0.05) is 30.6 Å². The molecule has 0 radical (unpaired) electrons. The highest BCUT2D eigenvalue weighted by atomic mass is 32.1. The minimum absolute atomic E-state index is 0.340. The van der Waals surface area contributed by atoms with Crippen LogP contribution in [0.5, 0.6) is 5.75 Å². The van der Waals surface area contributed by atoms with Crippen LogP contribution in [0.3, 0.4) is 0 Å². The Morgan fingerprint density at radius 1 is 1.29 bits per heavy atom. The predicted molar refractivity (Wildman–Crippen MR) is 101 cm³/mol. The van der Waals surface area contributed by atoms with Crippen molar-refractivity contribution in [2.24, 2.45) is 0 Å². The second-order valence-corrected chi connectivity index (χ2v) is 7.64. The van der Waals surface area contributed by atoms with Gasteiger partial charge in [0.15, 0.2) is 5.13 Å². The van der Waals surface area contributed by atoms with E-state index in [0.29, 0.717) is 17.8 Å². The maximum absolute atomic E-state index is 9.34. The molecule has 0 bridgehead atoms. The van der Waals surface area contributed by atoms with Crippen LogP contribution in [0.2, 0.25) is 0 Å². The molecule has 1 aliphatic rings. The van der Waals surface area contributed by atoms with Crippen LogP contribution in [0.1, 0.15) is 37.4 Å². The summed E-state index contributed by atoms with van der Waals surface area (Å²) in [5.41, 5.74) is 2.41. The van der Waals surface area contributed by atoms with Crippen molar-refractivity contribution in [1.82, 2.24) is 10.3 Å². The van der Waals surface area contributed by atoms with Crippen molar-refractivity contribution in [3.8, 4) is 5.75 Å². The van der Waals surface area contributed by atoms with Crippen molar-refractivity contribution in [2.45, 2.75) is 51.6 Å². The summed E-state index contributed by atoms with van der Waals surface area (Å²) in [5, 5.41) is 16.4. The van der Waals surface area contributed by atoms with E-state index < -0.39 is 0 Å². The Hall–Kier alpha value is -1.59. The smallest absolute Gasteiger partial charge is 0.185 e. The number of aryl methyl sites for hydroxylation is 2. The van der Waals surface area contributed by atoms with Crippen LogP contribution < -0.4 is 10.2 Å². The molecular weight excluding hydrogens is 318 g/mol. The van der Waals surface area contributed by atoms with E-state index in [1.165, 1.54) is 23.5 Å². The van der Waals surface area contributed by atoms with Crippen molar-refractivity contribution in [3.05, 3.63) is 40.9 Å². The molecule has 0 aliphatic carbocycles. The van der Waals surface area contributed by atoms with Gasteiger partial charge in [-0.25, -0.2) is 4.98 Å². The number of nitrogens with one attached hydrogen (secondary N) is 1. The lowest BCUT2D eigenvalue weighted by molar-refractivity contribution is 0.366. The highest BCUT2D eigenvalue weighted by Crippen LogP contribution is 2.24. The van der Waals surface area contributed by atoms with Gasteiger partial charge in [0.05, 0.1) is 5.69 Å². The Morgan fingerprint density at radius 2 is 2.00 bits per heavy atom. The molecule has 1 aromatic heterocycles. The molecular formula is C19H27N3OS. The lowest BCUT2D eigenvalue weighted by Crippen LogP contribution is -2.45. The molecule has 0 spiro atoms. The fourth-order valence-corrected chi connectivity index (χ4v) is 4.11. The summed E-state index contributed by atoms with van der Waals surface area (Å²) >= 11 is 1.75. The molecule has 0 amide bonds. The first-order valence-corrected chi connectivity index (χ1v) is 9.69. The summed E-state index contributed by atoms with van der Waals surface area (Å²) in [6.07, 6.45) is 4.53. The zero-order chi connectivity index (χ0) is 16.9. The molecule has 4 nitrogen and oxygen atoms in total. The van der Waals surface area contributed by atoms with E-state index in [4.69, 9.17) is 0 Å². The largest absolute Gasteiger partial charge is 0.508 e. The number of nitrogens with zero attached hydrogens (tertiary/aromatic N) is 2. The number of thiazole rings is 1. The number of aromatic nitrogens is 1. The average molecular weight is 346 g/mol. The molecule has 2 heterocycles. The van der Waals surface area contributed by atoms with Crippen molar-refractivity contribution in [1.29, 1.82) is 0 Å². The van der Waals surface area contributed by atoms with Crippen LogP contribution in [-0.2, 0) is 6.42 Å². The molecule has 3 rings (SSSR count). The summed E-state index contributed by atoms with van der Waals surface area (Å²) in [5.74, 6) is 0.340. The van der Waals surface area contributed by atoms with Crippen LogP contribution in [0, 0.1) is 6.92 Å². The van der Waals surface area contributed by atoms with Crippen molar-refractivity contribution in [3.63, 3.8) is 0 Å². The third-order valence-electron chi connectivity index (χ3n) is 4.69. The van der Waals surface area contributed by atoms with E-state index in [2.05, 4.69) is 34.4 Å². The van der Waals surface area contributed by atoms with Gasteiger partial charge in [0.1, 0.15) is 5.75 Å². The van der Waals surface area contributed by atoms with Crippen molar-refractivity contribution < 1.29 is 5.11 Å². The van der Waals surface area contributed by atoms with Crippen molar-refractivity contribution in [2.75, 3.05) is 18.0 Å². The molecule has 0 saturated carbocycles. The summed E-state index contributed by atoms with van der Waals surface area (Å²) in [7, 11) is 0. The number of phenols is 1. The van der Waals surface area contributed by atoms with Gasteiger partial charge in [0.25, 0.3) is 0 Å². The molecule has 2 N–H and O–H groups in total. The normalized spacial score (nSPS) is 17.2. The first kappa shape index (κ1) is 17.2. The fourth-order valence-electron chi connectivity index (χ4n) is 3.26. The number of phenolic OH excluding ortho intramolecular Hbond substituents is 1. The Balaban J connectivity index is 1.39. The number of rotatable bonds is 6. The van der Waals surface area contributed by atoms with Gasteiger partial charge in [-0.2, -0.15) is 0 Å². The quantitative estimate of drug-likeness (QED) is 0.837. The number of hydrogen-bond acceptors (Lipinski definition) is 5. The summed E-state index contributed by atoms with van der Waals surface area (Å²) < 4.78 is 0. The van der Waals surface area contributed by atoms with Gasteiger partial charge < -0.3 is 15.3 Å². The molecule has 2 aromatic rings. The highest BCUT2D eigenvalue weighted by Gasteiger charge is 2.21. The molecule has 1 aromatic carbocycles. The minimum atomic E-state index is 0.340. The van der Waals surface area contributed by atoms with Crippen molar-refractivity contribution >= 4 is 16.5 Å². The monoisotopic (exact) mass is 345 g/mol. The molecule has 1 aliphatic heterocycles. The molecule has 24 heavy (non-hydrogen) atoms. The van der Waals surface area contributed by atoms with E-state index in [9.17, 15) is 5.11 Å². The summed E-state index contributed by atoms with van der Waals surface area (Å²) in [6.45, 7) is 6.52. The number of hydrogen-bond donors (Lipinski definition) is 2. The summed E-state index contributed by atoms with van der Waals surface area (Å²) in [6, 6.07) is 8.68. The molecule has 1 atom stereocenters. The maximum atomic E-state index is 9.34. The summed E-state index contributed by atoms with van der Waals surface area (Å²) in [4.78, 5) is 7.01. The number of piperidine rings is 1. The van der Waals surface area contributed by atoms with Gasteiger partial charge in [0.2, 0.25) is 0 Å². The van der Waals surface area contributed by atoms with E-state index in [0.717, 1.165) is 31.6 Å². The SMILES string of the molecule is Cc1csc(N2CCC(NC(C)CCc3ccc(O)cc3)CC2)n1. The van der Waals surface area contributed by atoms with E-state index in [1.54, 1.807) is 23.5 Å². The third kappa shape index (κ3) is 4.71. The Morgan fingerprint density at radius 3 is 2.62 bits per heavy atom. The van der Waals surface area contributed by atoms with Crippen LogP contribution in [0.15, 0.2) is 29.6 Å². The first-order valence-electron chi connectivity index (χ1n) is 8.81. The van der Waals surface area contributed by atoms with Gasteiger partial charge in [-0.3, -0.25) is 0 Å². The Kier molecular flexibility index (Phi) is 5.74. The topological polar surface area (TPSA) is 48.4 Å². The van der Waals surface area contributed by atoms with Crippen LogP contribution in [-0.4, -0.2) is 35.3 Å². The third-order valence-corrected chi connectivity index (χ3v) is 5.71.